The number of hydrogen-bond donors (Lipinski definition) is 1. The number of para-hydroxylation sites is 1. The van der Waals surface area contributed by atoms with Crippen LogP contribution in [-0.2, 0) is 11.3 Å². The van der Waals surface area contributed by atoms with E-state index in [1.165, 1.54) is 7.11 Å². The van der Waals surface area contributed by atoms with Crippen molar-refractivity contribution < 1.29 is 9.53 Å². The largest absolute Gasteiger partial charge is 0.453 e. The van der Waals surface area contributed by atoms with Gasteiger partial charge in [0.05, 0.1) is 18.0 Å². The van der Waals surface area contributed by atoms with E-state index in [4.69, 9.17) is 0 Å². The Hall–Kier alpha value is -3.15. The molecule has 0 saturated heterocycles. The zero-order valence-corrected chi connectivity index (χ0v) is 13.9. The Labute approximate surface area is 145 Å². The topological polar surface area (TPSA) is 73.2 Å². The van der Waals surface area contributed by atoms with Crippen molar-refractivity contribution >= 4 is 17.0 Å². The number of aromatic nitrogens is 2. The molecule has 3 rings (SSSR count). The van der Waals surface area contributed by atoms with Gasteiger partial charge in [-0.2, -0.15) is 0 Å². The predicted octanol–water partition coefficient (Wildman–Crippen LogP) is 2.81. The highest BCUT2D eigenvalue weighted by Crippen LogP contribution is 2.18. The lowest BCUT2D eigenvalue weighted by atomic mass is 10.1. The normalized spacial score (nSPS) is 10.6. The highest BCUT2D eigenvalue weighted by molar-refractivity contribution is 5.79. The van der Waals surface area contributed by atoms with Gasteiger partial charge in [-0.25, -0.2) is 9.78 Å². The molecule has 0 bridgehead atoms. The second-order valence-electron chi connectivity index (χ2n) is 5.55. The molecule has 0 fully saturated rings. The number of methoxy groups -OCH3 is 1. The van der Waals surface area contributed by atoms with Crippen LogP contribution in [0.2, 0.25) is 0 Å². The second kappa shape index (κ2) is 7.61. The molecule has 0 saturated carbocycles. The van der Waals surface area contributed by atoms with Crippen LogP contribution in [0.25, 0.3) is 22.3 Å². The maximum absolute atomic E-state index is 12.9. The molecule has 0 spiro atoms. The van der Waals surface area contributed by atoms with Crippen molar-refractivity contribution in [1.29, 1.82) is 0 Å². The van der Waals surface area contributed by atoms with Crippen LogP contribution in [0.5, 0.6) is 0 Å². The van der Waals surface area contributed by atoms with Gasteiger partial charge < -0.3 is 10.1 Å². The third kappa shape index (κ3) is 3.68. The van der Waals surface area contributed by atoms with Gasteiger partial charge in [0.15, 0.2) is 0 Å². The summed E-state index contributed by atoms with van der Waals surface area (Å²) in [6, 6.07) is 16.9. The van der Waals surface area contributed by atoms with E-state index in [9.17, 15) is 9.59 Å². The molecule has 0 atom stereocenters. The standard InChI is InChI=1S/C19H19N3O3/c1-25-19(24)20-12-7-13-22-17(14-8-3-2-4-9-14)21-16-11-6-5-10-15(16)18(22)23/h2-6,8-11H,7,12-13H2,1H3,(H,20,24). The lowest BCUT2D eigenvalue weighted by Gasteiger charge is -2.14. The second-order valence-corrected chi connectivity index (χ2v) is 5.55. The van der Waals surface area contributed by atoms with Crippen molar-refractivity contribution in [2.75, 3.05) is 13.7 Å². The first-order valence-corrected chi connectivity index (χ1v) is 8.07. The summed E-state index contributed by atoms with van der Waals surface area (Å²) in [5.74, 6) is 0.627. The van der Waals surface area contributed by atoms with Gasteiger partial charge in [0.2, 0.25) is 0 Å². The van der Waals surface area contributed by atoms with Gasteiger partial charge in [-0.05, 0) is 18.6 Å². The lowest BCUT2D eigenvalue weighted by molar-refractivity contribution is 0.171. The molecule has 0 aliphatic heterocycles. The summed E-state index contributed by atoms with van der Waals surface area (Å²) >= 11 is 0. The Kier molecular flexibility index (Phi) is 5.09. The first-order chi connectivity index (χ1) is 12.2. The van der Waals surface area contributed by atoms with E-state index in [1.54, 1.807) is 10.6 Å². The first-order valence-electron chi connectivity index (χ1n) is 8.07. The molecule has 25 heavy (non-hydrogen) atoms. The number of fused-ring (bicyclic) bond motifs is 1. The van der Waals surface area contributed by atoms with Gasteiger partial charge in [0.1, 0.15) is 5.82 Å². The maximum atomic E-state index is 12.9. The Morgan fingerprint density at radius 2 is 1.84 bits per heavy atom. The summed E-state index contributed by atoms with van der Waals surface area (Å²) in [7, 11) is 1.32. The van der Waals surface area contributed by atoms with Gasteiger partial charge in [0.25, 0.3) is 5.56 Å². The number of nitrogens with one attached hydrogen (secondary N) is 1. The molecule has 128 valence electrons. The Balaban J connectivity index is 1.98. The minimum Gasteiger partial charge on any atom is -0.453 e. The molecular weight excluding hydrogens is 318 g/mol. The lowest BCUT2D eigenvalue weighted by Crippen LogP contribution is -2.28. The van der Waals surface area contributed by atoms with Crippen molar-refractivity contribution in [1.82, 2.24) is 14.9 Å². The predicted molar refractivity (Wildman–Crippen MR) is 96.5 cm³/mol. The van der Waals surface area contributed by atoms with Gasteiger partial charge in [-0.3, -0.25) is 9.36 Å². The monoisotopic (exact) mass is 337 g/mol. The summed E-state index contributed by atoms with van der Waals surface area (Å²) in [6.45, 7) is 0.866. The molecule has 1 heterocycles. The summed E-state index contributed by atoms with van der Waals surface area (Å²) in [4.78, 5) is 28.7. The average Bonchev–Trinajstić information content (AvgIpc) is 2.67. The molecule has 0 aliphatic rings. The molecule has 1 amide bonds. The van der Waals surface area contributed by atoms with E-state index in [0.29, 0.717) is 36.2 Å². The number of amides is 1. The molecule has 0 aliphatic carbocycles. The van der Waals surface area contributed by atoms with Crippen molar-refractivity contribution in [2.24, 2.45) is 0 Å². The van der Waals surface area contributed by atoms with E-state index in [2.05, 4.69) is 15.0 Å². The fraction of sp³-hybridized carbons (Fsp3) is 0.211. The minimum atomic E-state index is -0.479. The van der Waals surface area contributed by atoms with E-state index in [0.717, 1.165) is 5.56 Å². The molecule has 1 N–H and O–H groups in total. The van der Waals surface area contributed by atoms with Crippen molar-refractivity contribution in [2.45, 2.75) is 13.0 Å². The molecule has 0 radical (unpaired) electrons. The molecule has 2 aromatic carbocycles. The van der Waals surface area contributed by atoms with Crippen LogP contribution in [0, 0.1) is 0 Å². The zero-order valence-electron chi connectivity index (χ0n) is 13.9. The number of hydrogen-bond acceptors (Lipinski definition) is 4. The fourth-order valence-corrected chi connectivity index (χ4v) is 2.68. The number of carbonyl (C=O) groups is 1. The van der Waals surface area contributed by atoms with Crippen LogP contribution in [0.4, 0.5) is 4.79 Å². The molecule has 1 aromatic heterocycles. The zero-order chi connectivity index (χ0) is 17.6. The van der Waals surface area contributed by atoms with Crippen molar-refractivity contribution in [3.63, 3.8) is 0 Å². The van der Waals surface area contributed by atoms with Crippen LogP contribution in [0.1, 0.15) is 6.42 Å². The Morgan fingerprint density at radius 3 is 2.60 bits per heavy atom. The van der Waals surface area contributed by atoms with Gasteiger partial charge in [-0.1, -0.05) is 42.5 Å². The van der Waals surface area contributed by atoms with E-state index >= 15 is 0 Å². The smallest absolute Gasteiger partial charge is 0.406 e. The van der Waals surface area contributed by atoms with Crippen LogP contribution in [0.3, 0.4) is 0 Å². The number of rotatable bonds is 5. The SMILES string of the molecule is COC(=O)NCCCn1c(-c2ccccc2)nc2ccccc2c1=O. The molecular formula is C19H19N3O3. The maximum Gasteiger partial charge on any atom is 0.406 e. The van der Waals surface area contributed by atoms with Crippen molar-refractivity contribution in [3.8, 4) is 11.4 Å². The molecule has 6 heteroatoms. The van der Waals surface area contributed by atoms with E-state index in [1.807, 2.05) is 48.5 Å². The molecule has 0 unspecified atom stereocenters. The average molecular weight is 337 g/mol. The fourth-order valence-electron chi connectivity index (χ4n) is 2.68. The number of ether oxygens (including phenoxy) is 1. The molecule has 3 aromatic rings. The van der Waals surface area contributed by atoms with Crippen LogP contribution >= 0.6 is 0 Å². The summed E-state index contributed by atoms with van der Waals surface area (Å²) in [5, 5.41) is 3.21. The van der Waals surface area contributed by atoms with Crippen molar-refractivity contribution in [3.05, 3.63) is 65.0 Å². The highest BCUT2D eigenvalue weighted by Gasteiger charge is 2.12. The molecule has 6 nitrogen and oxygen atoms in total. The van der Waals surface area contributed by atoms with E-state index in [-0.39, 0.29) is 5.56 Å². The Morgan fingerprint density at radius 1 is 1.12 bits per heavy atom. The number of nitrogens with zero attached hydrogens (tertiary/aromatic N) is 2. The third-order valence-corrected chi connectivity index (χ3v) is 3.91. The minimum absolute atomic E-state index is 0.0810. The van der Waals surface area contributed by atoms with Crippen LogP contribution in [-0.4, -0.2) is 29.3 Å². The Bertz CT molecular complexity index is 936. The van der Waals surface area contributed by atoms with Gasteiger partial charge in [-0.15, -0.1) is 0 Å². The van der Waals surface area contributed by atoms with Crippen LogP contribution < -0.4 is 10.9 Å². The number of benzene rings is 2. The highest BCUT2D eigenvalue weighted by atomic mass is 16.5. The summed E-state index contributed by atoms with van der Waals surface area (Å²) in [6.07, 6.45) is 0.113. The van der Waals surface area contributed by atoms with Gasteiger partial charge in [0, 0.05) is 18.7 Å². The van der Waals surface area contributed by atoms with Gasteiger partial charge >= 0.3 is 6.09 Å². The summed E-state index contributed by atoms with van der Waals surface area (Å²) < 4.78 is 6.21. The van der Waals surface area contributed by atoms with E-state index < -0.39 is 6.09 Å². The van der Waals surface area contributed by atoms with Crippen LogP contribution in [0.15, 0.2) is 59.4 Å². The third-order valence-electron chi connectivity index (χ3n) is 3.91. The number of alkyl carbamates (subject to hydrolysis) is 1. The quantitative estimate of drug-likeness (QED) is 0.727. The summed E-state index contributed by atoms with van der Waals surface area (Å²) in [5.41, 5.74) is 1.48. The number of carbonyl (C=O) groups excluding carboxylic acids is 1. The first kappa shape index (κ1) is 16.7.